The van der Waals surface area contributed by atoms with E-state index in [0.29, 0.717) is 16.6 Å². The van der Waals surface area contributed by atoms with Crippen LogP contribution in [0.2, 0.25) is 0 Å². The van der Waals surface area contributed by atoms with Gasteiger partial charge in [0.2, 0.25) is 5.91 Å². The Labute approximate surface area is 145 Å². The fraction of sp³-hybridized carbons (Fsp3) is 0.529. The van der Waals surface area contributed by atoms with Crippen LogP contribution in [0.4, 0.5) is 0 Å². The number of ether oxygens (including phenoxy) is 1. The summed E-state index contributed by atoms with van der Waals surface area (Å²) in [4.78, 5) is 24.8. The van der Waals surface area contributed by atoms with Crippen LogP contribution in [0.15, 0.2) is 28.7 Å². The minimum Gasteiger partial charge on any atom is -0.376 e. The van der Waals surface area contributed by atoms with Gasteiger partial charge in [0.1, 0.15) is 6.04 Å². The number of hydrogen-bond donors (Lipinski definition) is 2. The minimum absolute atomic E-state index is 0.00839. The SMILES string of the molecule is CC(C)C(NC(=O)c1ccccc1Br)C(=O)NCC1CCCO1. The van der Waals surface area contributed by atoms with Crippen molar-refractivity contribution in [3.8, 4) is 0 Å². The summed E-state index contributed by atoms with van der Waals surface area (Å²) in [6, 6.07) is 6.59. The van der Waals surface area contributed by atoms with Crippen molar-refractivity contribution in [2.45, 2.75) is 38.8 Å². The third kappa shape index (κ3) is 5.04. The van der Waals surface area contributed by atoms with Crippen LogP contribution >= 0.6 is 15.9 Å². The van der Waals surface area contributed by atoms with Gasteiger partial charge in [-0.2, -0.15) is 0 Å². The average molecular weight is 383 g/mol. The van der Waals surface area contributed by atoms with E-state index in [4.69, 9.17) is 4.74 Å². The maximum atomic E-state index is 12.4. The van der Waals surface area contributed by atoms with E-state index in [1.165, 1.54) is 0 Å². The summed E-state index contributed by atoms with van der Waals surface area (Å²) >= 11 is 3.36. The molecule has 23 heavy (non-hydrogen) atoms. The summed E-state index contributed by atoms with van der Waals surface area (Å²) in [5, 5.41) is 5.71. The molecule has 1 heterocycles. The highest BCUT2D eigenvalue weighted by atomic mass is 79.9. The number of amides is 2. The summed E-state index contributed by atoms with van der Waals surface area (Å²) in [6.07, 6.45) is 2.09. The van der Waals surface area contributed by atoms with Gasteiger partial charge in [-0.1, -0.05) is 26.0 Å². The third-order valence-corrected chi connectivity index (χ3v) is 4.57. The molecule has 1 fully saturated rings. The number of carbonyl (C=O) groups excluding carboxylic acids is 2. The molecule has 5 nitrogen and oxygen atoms in total. The molecule has 2 unspecified atom stereocenters. The first kappa shape index (κ1) is 17.9. The lowest BCUT2D eigenvalue weighted by molar-refractivity contribution is -0.124. The third-order valence-electron chi connectivity index (χ3n) is 3.88. The van der Waals surface area contributed by atoms with Gasteiger partial charge >= 0.3 is 0 Å². The highest BCUT2D eigenvalue weighted by molar-refractivity contribution is 9.10. The highest BCUT2D eigenvalue weighted by Crippen LogP contribution is 2.16. The molecule has 1 aliphatic heterocycles. The molecule has 0 bridgehead atoms. The second-order valence-electron chi connectivity index (χ2n) is 6.06. The maximum absolute atomic E-state index is 12.4. The number of carbonyl (C=O) groups is 2. The van der Waals surface area contributed by atoms with Crippen LogP contribution < -0.4 is 10.6 Å². The zero-order valence-corrected chi connectivity index (χ0v) is 15.1. The molecule has 0 radical (unpaired) electrons. The number of nitrogens with one attached hydrogen (secondary N) is 2. The summed E-state index contributed by atoms with van der Waals surface area (Å²) < 4.78 is 6.21. The molecule has 0 aromatic heterocycles. The smallest absolute Gasteiger partial charge is 0.253 e. The van der Waals surface area contributed by atoms with Gasteiger partial charge in [-0.05, 0) is 46.8 Å². The molecule has 2 atom stereocenters. The van der Waals surface area contributed by atoms with Crippen molar-refractivity contribution in [3.63, 3.8) is 0 Å². The Morgan fingerprint density at radius 2 is 2.09 bits per heavy atom. The lowest BCUT2D eigenvalue weighted by Crippen LogP contribution is -2.51. The molecule has 6 heteroatoms. The van der Waals surface area contributed by atoms with E-state index >= 15 is 0 Å². The second kappa shape index (κ2) is 8.45. The Morgan fingerprint density at radius 3 is 2.70 bits per heavy atom. The number of halogens is 1. The zero-order valence-electron chi connectivity index (χ0n) is 13.5. The van der Waals surface area contributed by atoms with Crippen molar-refractivity contribution >= 4 is 27.7 Å². The Balaban J connectivity index is 1.96. The molecule has 126 valence electrons. The predicted octanol–water partition coefficient (Wildman–Crippen LogP) is 2.50. The molecule has 2 amide bonds. The van der Waals surface area contributed by atoms with Crippen LogP contribution in [-0.2, 0) is 9.53 Å². The van der Waals surface area contributed by atoms with Crippen molar-refractivity contribution in [1.82, 2.24) is 10.6 Å². The average Bonchev–Trinajstić information content (AvgIpc) is 3.03. The summed E-state index contributed by atoms with van der Waals surface area (Å²) in [5.74, 6) is -0.440. The van der Waals surface area contributed by atoms with Crippen LogP contribution in [-0.4, -0.2) is 37.1 Å². The number of benzene rings is 1. The zero-order chi connectivity index (χ0) is 16.8. The van der Waals surface area contributed by atoms with Gasteiger partial charge < -0.3 is 15.4 Å². The second-order valence-corrected chi connectivity index (χ2v) is 6.91. The fourth-order valence-electron chi connectivity index (χ4n) is 2.53. The first-order chi connectivity index (χ1) is 11.0. The first-order valence-electron chi connectivity index (χ1n) is 7.93. The van der Waals surface area contributed by atoms with E-state index in [1.807, 2.05) is 19.9 Å². The summed E-state index contributed by atoms with van der Waals surface area (Å²) in [6.45, 7) is 5.08. The molecule has 0 aliphatic carbocycles. The molecule has 1 aliphatic rings. The van der Waals surface area contributed by atoms with E-state index in [9.17, 15) is 9.59 Å². The fourth-order valence-corrected chi connectivity index (χ4v) is 2.99. The van der Waals surface area contributed by atoms with E-state index in [0.717, 1.165) is 19.4 Å². The van der Waals surface area contributed by atoms with Crippen molar-refractivity contribution in [2.24, 2.45) is 5.92 Å². The van der Waals surface area contributed by atoms with Gasteiger partial charge in [0.05, 0.1) is 11.7 Å². The molecule has 0 saturated carbocycles. The predicted molar refractivity (Wildman–Crippen MR) is 92.2 cm³/mol. The molecular weight excluding hydrogens is 360 g/mol. The molecule has 0 spiro atoms. The Hall–Kier alpha value is -1.40. The van der Waals surface area contributed by atoms with Crippen molar-refractivity contribution in [3.05, 3.63) is 34.3 Å². The van der Waals surface area contributed by atoms with Gasteiger partial charge in [0.25, 0.3) is 5.91 Å². The van der Waals surface area contributed by atoms with Crippen LogP contribution in [0.3, 0.4) is 0 Å². The molecular formula is C17H23BrN2O3. The van der Waals surface area contributed by atoms with Gasteiger partial charge in [-0.25, -0.2) is 0 Å². The van der Waals surface area contributed by atoms with E-state index < -0.39 is 6.04 Å². The Bertz CT molecular complexity index is 557. The van der Waals surface area contributed by atoms with E-state index in [-0.39, 0.29) is 23.8 Å². The summed E-state index contributed by atoms with van der Waals surface area (Å²) in [7, 11) is 0. The first-order valence-corrected chi connectivity index (χ1v) is 8.73. The van der Waals surface area contributed by atoms with Crippen LogP contribution in [0.1, 0.15) is 37.0 Å². The molecule has 2 N–H and O–H groups in total. The van der Waals surface area contributed by atoms with Crippen molar-refractivity contribution in [2.75, 3.05) is 13.2 Å². The normalized spacial score (nSPS) is 18.7. The Kier molecular flexibility index (Phi) is 6.59. The van der Waals surface area contributed by atoms with E-state index in [1.54, 1.807) is 18.2 Å². The van der Waals surface area contributed by atoms with Crippen LogP contribution in [0.5, 0.6) is 0 Å². The minimum atomic E-state index is -0.573. The van der Waals surface area contributed by atoms with Crippen molar-refractivity contribution < 1.29 is 14.3 Å². The lowest BCUT2D eigenvalue weighted by Gasteiger charge is -2.23. The molecule has 1 aromatic rings. The standard InChI is InChI=1S/C17H23BrN2O3/c1-11(2)15(17(22)19-10-12-6-5-9-23-12)20-16(21)13-7-3-4-8-14(13)18/h3-4,7-8,11-12,15H,5-6,9-10H2,1-2H3,(H,19,22)(H,20,21). The number of rotatable bonds is 6. The Morgan fingerprint density at radius 1 is 1.35 bits per heavy atom. The topological polar surface area (TPSA) is 67.4 Å². The van der Waals surface area contributed by atoms with Crippen LogP contribution in [0.25, 0.3) is 0 Å². The molecule has 2 rings (SSSR count). The molecule has 1 aromatic carbocycles. The van der Waals surface area contributed by atoms with E-state index in [2.05, 4.69) is 26.6 Å². The largest absolute Gasteiger partial charge is 0.376 e. The van der Waals surface area contributed by atoms with Crippen molar-refractivity contribution in [1.29, 1.82) is 0 Å². The lowest BCUT2D eigenvalue weighted by atomic mass is 10.0. The quantitative estimate of drug-likeness (QED) is 0.793. The monoisotopic (exact) mass is 382 g/mol. The van der Waals surface area contributed by atoms with Gasteiger partial charge in [0, 0.05) is 17.6 Å². The van der Waals surface area contributed by atoms with Gasteiger partial charge in [-0.15, -0.1) is 0 Å². The maximum Gasteiger partial charge on any atom is 0.253 e. The van der Waals surface area contributed by atoms with Gasteiger partial charge in [0.15, 0.2) is 0 Å². The highest BCUT2D eigenvalue weighted by Gasteiger charge is 2.26. The molecule has 1 saturated heterocycles. The van der Waals surface area contributed by atoms with Crippen LogP contribution in [0, 0.1) is 5.92 Å². The summed E-state index contributed by atoms with van der Waals surface area (Å²) in [5.41, 5.74) is 0.519. The number of hydrogen-bond acceptors (Lipinski definition) is 3. The van der Waals surface area contributed by atoms with Gasteiger partial charge in [-0.3, -0.25) is 9.59 Å².